The Kier molecular flexibility index (Phi) is 3.90. The van der Waals surface area contributed by atoms with E-state index >= 15 is 0 Å². The monoisotopic (exact) mass is 379 g/mol. The third-order valence-electron chi connectivity index (χ3n) is 11.3. The highest BCUT2D eigenvalue weighted by molar-refractivity contribution is 5.34. The van der Waals surface area contributed by atoms with E-state index < -0.39 is 0 Å². The van der Waals surface area contributed by atoms with Gasteiger partial charge in [-0.2, -0.15) is 0 Å². The Bertz CT molecular complexity index is 720. The van der Waals surface area contributed by atoms with Crippen LogP contribution in [-0.2, 0) is 0 Å². The molecule has 10 atom stereocenters. The first-order chi connectivity index (χ1) is 13.4. The minimum atomic E-state index is 0.477. The van der Waals surface area contributed by atoms with Crippen molar-refractivity contribution in [3.63, 3.8) is 0 Å². The van der Waals surface area contributed by atoms with Crippen molar-refractivity contribution in [2.24, 2.45) is 46.3 Å². The number of hydrogen-bond acceptors (Lipinski definition) is 1. The molecule has 154 valence electrons. The molecule has 6 rings (SSSR count). The molecule has 0 amide bonds. The number of hydrogen-bond donors (Lipinski definition) is 0. The molecule has 2 aliphatic heterocycles. The van der Waals surface area contributed by atoms with Crippen LogP contribution >= 0.6 is 0 Å². The van der Waals surface area contributed by atoms with Crippen LogP contribution in [0.4, 0.5) is 0 Å². The first-order valence-electron chi connectivity index (χ1n) is 12.6. The molecule has 1 nitrogen and oxygen atoms in total. The molecule has 2 saturated carbocycles. The fourth-order valence-corrected chi connectivity index (χ4v) is 10.0. The van der Waals surface area contributed by atoms with Gasteiger partial charge in [0, 0.05) is 18.6 Å². The molecular weight excluding hydrogens is 338 g/mol. The summed E-state index contributed by atoms with van der Waals surface area (Å²) in [5, 5.41) is 0. The summed E-state index contributed by atoms with van der Waals surface area (Å²) in [6.45, 7) is 11.9. The van der Waals surface area contributed by atoms with Crippen molar-refractivity contribution in [2.45, 2.75) is 91.1 Å². The van der Waals surface area contributed by atoms with Crippen molar-refractivity contribution in [3.05, 3.63) is 23.8 Å². The Balaban J connectivity index is 1.35. The summed E-state index contributed by atoms with van der Waals surface area (Å²) in [6, 6.07) is 1.81. The van der Waals surface area contributed by atoms with Crippen molar-refractivity contribution >= 4 is 0 Å². The zero-order valence-corrected chi connectivity index (χ0v) is 18.7. The molecule has 0 aromatic carbocycles. The van der Waals surface area contributed by atoms with Crippen LogP contribution in [0.2, 0.25) is 0 Å². The molecule has 6 aliphatic rings. The molecule has 1 heteroatoms. The maximum absolute atomic E-state index is 3.04. The lowest BCUT2D eigenvalue weighted by Gasteiger charge is -2.57. The van der Waals surface area contributed by atoms with Gasteiger partial charge >= 0.3 is 0 Å². The Morgan fingerprint density at radius 1 is 1.00 bits per heavy atom. The van der Waals surface area contributed by atoms with Gasteiger partial charge in [-0.3, -0.25) is 4.90 Å². The number of piperidine rings is 1. The number of allylic oxidation sites excluding steroid dienone is 4. The van der Waals surface area contributed by atoms with E-state index in [4.69, 9.17) is 0 Å². The summed E-state index contributed by atoms with van der Waals surface area (Å²) in [7, 11) is 0. The van der Waals surface area contributed by atoms with Gasteiger partial charge in [-0.1, -0.05) is 45.9 Å². The Morgan fingerprint density at radius 3 is 2.71 bits per heavy atom. The van der Waals surface area contributed by atoms with Gasteiger partial charge in [0.15, 0.2) is 0 Å². The summed E-state index contributed by atoms with van der Waals surface area (Å²) in [5.41, 5.74) is 2.78. The third-order valence-corrected chi connectivity index (χ3v) is 11.3. The van der Waals surface area contributed by atoms with Crippen LogP contribution in [0.5, 0.6) is 0 Å². The molecule has 0 aromatic heterocycles. The normalized spacial score (nSPS) is 57.6. The molecule has 2 saturated heterocycles. The van der Waals surface area contributed by atoms with E-state index in [-0.39, 0.29) is 0 Å². The summed E-state index contributed by atoms with van der Waals surface area (Å²) < 4.78 is 0. The predicted octanol–water partition coefficient (Wildman–Crippen LogP) is 6.46. The van der Waals surface area contributed by atoms with E-state index in [1.807, 2.05) is 0 Å². The zero-order valence-electron chi connectivity index (χ0n) is 18.7. The first kappa shape index (κ1) is 18.2. The molecular formula is C27H41N. The molecule has 4 aliphatic carbocycles. The largest absolute Gasteiger partial charge is 0.297 e. The second-order valence-electron chi connectivity index (χ2n) is 12.3. The Labute approximate surface area is 173 Å². The lowest BCUT2D eigenvalue weighted by molar-refractivity contribution is -0.0452. The van der Waals surface area contributed by atoms with Crippen LogP contribution in [0.25, 0.3) is 0 Å². The number of fused-ring (bicyclic) bond motifs is 9. The Hall–Kier alpha value is -0.560. The van der Waals surface area contributed by atoms with Crippen LogP contribution in [-0.4, -0.2) is 23.5 Å². The van der Waals surface area contributed by atoms with Crippen molar-refractivity contribution in [1.29, 1.82) is 0 Å². The molecule has 2 heterocycles. The van der Waals surface area contributed by atoms with Crippen LogP contribution in [0.3, 0.4) is 0 Å². The summed E-state index contributed by atoms with van der Waals surface area (Å²) in [5.74, 6) is 5.68. The van der Waals surface area contributed by atoms with E-state index in [9.17, 15) is 0 Å². The van der Waals surface area contributed by atoms with Gasteiger partial charge in [0.05, 0.1) is 0 Å². The second-order valence-corrected chi connectivity index (χ2v) is 12.3. The van der Waals surface area contributed by atoms with E-state index in [1.165, 1.54) is 57.9 Å². The van der Waals surface area contributed by atoms with Crippen LogP contribution in [0.1, 0.15) is 79.1 Å². The van der Waals surface area contributed by atoms with Gasteiger partial charge in [0.2, 0.25) is 0 Å². The van der Waals surface area contributed by atoms with Crippen molar-refractivity contribution < 1.29 is 0 Å². The standard InChI is InChI=1S/C27H41N/c1-17-8-11-23-18(2)25-24(28(23)16-17)15-22-20-10-9-19-7-5-6-13-26(19,3)21(20)12-14-27(22,25)4/h5,7,9,17-18,20-25H,6,8,10-16H2,1-4H3/t17-,18+,20+,21-,22-,23-,24+,25-,26+,27+/m1/s1. The van der Waals surface area contributed by atoms with Crippen molar-refractivity contribution in [1.82, 2.24) is 4.90 Å². The predicted molar refractivity (Wildman–Crippen MR) is 117 cm³/mol. The molecule has 4 fully saturated rings. The van der Waals surface area contributed by atoms with Gasteiger partial charge in [-0.05, 0) is 103 Å². The van der Waals surface area contributed by atoms with E-state index in [0.29, 0.717) is 10.8 Å². The van der Waals surface area contributed by atoms with Gasteiger partial charge in [0.1, 0.15) is 0 Å². The molecule has 0 N–H and O–H groups in total. The molecule has 0 spiro atoms. The highest BCUT2D eigenvalue weighted by Crippen LogP contribution is 2.69. The van der Waals surface area contributed by atoms with Crippen molar-refractivity contribution in [3.8, 4) is 0 Å². The molecule has 0 radical (unpaired) electrons. The third kappa shape index (κ3) is 2.18. The highest BCUT2D eigenvalue weighted by atomic mass is 15.2. The summed E-state index contributed by atoms with van der Waals surface area (Å²) >= 11 is 0. The zero-order chi connectivity index (χ0) is 19.3. The molecule has 0 aromatic rings. The maximum atomic E-state index is 3.04. The van der Waals surface area contributed by atoms with E-state index in [0.717, 1.165) is 47.6 Å². The average molecular weight is 380 g/mol. The lowest BCUT2D eigenvalue weighted by atomic mass is 9.47. The average Bonchev–Trinajstić information content (AvgIpc) is 3.14. The topological polar surface area (TPSA) is 3.24 Å². The molecule has 0 bridgehead atoms. The highest BCUT2D eigenvalue weighted by Gasteiger charge is 2.66. The van der Waals surface area contributed by atoms with Gasteiger partial charge in [-0.25, -0.2) is 0 Å². The van der Waals surface area contributed by atoms with Crippen molar-refractivity contribution in [2.75, 3.05) is 6.54 Å². The molecule has 0 unspecified atom stereocenters. The summed E-state index contributed by atoms with van der Waals surface area (Å²) in [6.07, 6.45) is 19.1. The smallest absolute Gasteiger partial charge is 0.0138 e. The first-order valence-corrected chi connectivity index (χ1v) is 12.6. The number of nitrogens with zero attached hydrogens (tertiary/aromatic N) is 1. The fraction of sp³-hybridized carbons (Fsp3) is 0.852. The van der Waals surface area contributed by atoms with Crippen LogP contribution < -0.4 is 0 Å². The lowest BCUT2D eigenvalue weighted by Crippen LogP contribution is -2.50. The minimum Gasteiger partial charge on any atom is -0.297 e. The number of rotatable bonds is 0. The second kappa shape index (κ2) is 5.99. The fourth-order valence-electron chi connectivity index (χ4n) is 10.0. The minimum absolute atomic E-state index is 0.477. The van der Waals surface area contributed by atoms with Crippen LogP contribution in [0, 0.1) is 46.3 Å². The van der Waals surface area contributed by atoms with E-state index in [1.54, 1.807) is 5.57 Å². The quantitative estimate of drug-likeness (QED) is 0.467. The van der Waals surface area contributed by atoms with E-state index in [2.05, 4.69) is 50.8 Å². The molecule has 28 heavy (non-hydrogen) atoms. The maximum Gasteiger partial charge on any atom is 0.0138 e. The van der Waals surface area contributed by atoms with Gasteiger partial charge in [0.25, 0.3) is 0 Å². The van der Waals surface area contributed by atoms with Crippen LogP contribution in [0.15, 0.2) is 23.8 Å². The summed E-state index contributed by atoms with van der Waals surface area (Å²) in [4.78, 5) is 3.04. The van der Waals surface area contributed by atoms with Gasteiger partial charge < -0.3 is 0 Å². The SMILES string of the molecule is C[C@@H]1CC[C@@H]2[C@H](C)[C@@H]3[C@H](C[C@@H]4[C@H]5CC=C6C=CCC[C@]6(C)[C@@H]5CC[C@]34C)N2C1. The van der Waals surface area contributed by atoms with Gasteiger partial charge in [-0.15, -0.1) is 0 Å². The Morgan fingerprint density at radius 2 is 1.86 bits per heavy atom.